The Bertz CT molecular complexity index is 582. The third-order valence-corrected chi connectivity index (χ3v) is 4.03. The summed E-state index contributed by atoms with van der Waals surface area (Å²) in [7, 11) is 0. The molecule has 0 aromatic heterocycles. The maximum absolute atomic E-state index is 12.1. The molecule has 0 saturated heterocycles. The van der Waals surface area contributed by atoms with E-state index < -0.39 is 5.97 Å². The SMILES string of the molecule is O=C(O)CN(CC1CC1)C(=O)/C=C/c1cccc(Cl)c1Cl. The number of carboxylic acids is 1. The number of hydrogen-bond acceptors (Lipinski definition) is 2. The van der Waals surface area contributed by atoms with E-state index in [-0.39, 0.29) is 12.5 Å². The van der Waals surface area contributed by atoms with E-state index in [1.807, 2.05) is 0 Å². The number of benzene rings is 1. The zero-order valence-electron chi connectivity index (χ0n) is 11.3. The van der Waals surface area contributed by atoms with Gasteiger partial charge in [0.05, 0.1) is 10.0 Å². The lowest BCUT2D eigenvalue weighted by molar-refractivity contribution is -0.142. The molecule has 6 heteroatoms. The lowest BCUT2D eigenvalue weighted by Crippen LogP contribution is -2.36. The average Bonchev–Trinajstić information content (AvgIpc) is 3.23. The predicted molar refractivity (Wildman–Crippen MR) is 82.4 cm³/mol. The molecular formula is C15H15Cl2NO3. The molecule has 1 aromatic carbocycles. The molecule has 4 nitrogen and oxygen atoms in total. The molecule has 0 radical (unpaired) electrons. The molecule has 1 fully saturated rings. The average molecular weight is 328 g/mol. The molecule has 21 heavy (non-hydrogen) atoms. The topological polar surface area (TPSA) is 57.6 Å². The van der Waals surface area contributed by atoms with Gasteiger partial charge in [-0.1, -0.05) is 35.3 Å². The molecule has 2 rings (SSSR count). The minimum Gasteiger partial charge on any atom is -0.480 e. The van der Waals surface area contributed by atoms with E-state index in [2.05, 4.69) is 0 Å². The number of carbonyl (C=O) groups is 2. The maximum atomic E-state index is 12.1. The first-order valence-corrected chi connectivity index (χ1v) is 7.35. The van der Waals surface area contributed by atoms with Crippen LogP contribution in [0.2, 0.25) is 10.0 Å². The number of rotatable bonds is 6. The maximum Gasteiger partial charge on any atom is 0.323 e. The number of halogens is 2. The Hall–Kier alpha value is -1.52. The van der Waals surface area contributed by atoms with Crippen LogP contribution in [0.15, 0.2) is 24.3 Å². The van der Waals surface area contributed by atoms with Crippen LogP contribution in [0.1, 0.15) is 18.4 Å². The van der Waals surface area contributed by atoms with E-state index in [0.29, 0.717) is 28.1 Å². The predicted octanol–water partition coefficient (Wildman–Crippen LogP) is 3.33. The number of carbonyl (C=O) groups excluding carboxylic acids is 1. The Labute approximate surface area is 133 Å². The minimum absolute atomic E-state index is 0.289. The van der Waals surface area contributed by atoms with Gasteiger partial charge in [-0.15, -0.1) is 0 Å². The molecule has 0 aliphatic heterocycles. The second kappa shape index (κ2) is 6.96. The van der Waals surface area contributed by atoms with Gasteiger partial charge in [-0.2, -0.15) is 0 Å². The van der Waals surface area contributed by atoms with Crippen LogP contribution >= 0.6 is 23.2 Å². The second-order valence-corrected chi connectivity index (χ2v) is 5.82. The van der Waals surface area contributed by atoms with Crippen molar-refractivity contribution >= 4 is 41.2 Å². The van der Waals surface area contributed by atoms with Gasteiger partial charge in [-0.25, -0.2) is 0 Å². The highest BCUT2D eigenvalue weighted by molar-refractivity contribution is 6.42. The molecule has 0 atom stereocenters. The number of hydrogen-bond donors (Lipinski definition) is 1. The first-order valence-electron chi connectivity index (χ1n) is 6.60. The van der Waals surface area contributed by atoms with Crippen LogP contribution in [0.4, 0.5) is 0 Å². The van der Waals surface area contributed by atoms with Crippen LogP contribution in [-0.2, 0) is 9.59 Å². The van der Waals surface area contributed by atoms with Gasteiger partial charge in [0.1, 0.15) is 6.54 Å². The summed E-state index contributed by atoms with van der Waals surface area (Å²) >= 11 is 11.9. The van der Waals surface area contributed by atoms with Gasteiger partial charge < -0.3 is 10.0 Å². The zero-order chi connectivity index (χ0) is 15.4. The molecule has 0 spiro atoms. The highest BCUT2D eigenvalue weighted by Crippen LogP contribution is 2.30. The molecule has 112 valence electrons. The molecular weight excluding hydrogens is 313 g/mol. The molecule has 0 unspecified atom stereocenters. The summed E-state index contributed by atoms with van der Waals surface area (Å²) < 4.78 is 0. The number of amides is 1. The normalized spacial score (nSPS) is 14.4. The van der Waals surface area contributed by atoms with Gasteiger partial charge in [-0.05, 0) is 36.5 Å². The van der Waals surface area contributed by atoms with E-state index >= 15 is 0 Å². The fraction of sp³-hybridized carbons (Fsp3) is 0.333. The summed E-state index contributed by atoms with van der Waals surface area (Å²) in [6.07, 6.45) is 4.99. The third kappa shape index (κ3) is 4.76. The molecule has 1 aromatic rings. The van der Waals surface area contributed by atoms with Gasteiger partial charge in [0, 0.05) is 12.6 Å². The van der Waals surface area contributed by atoms with Crippen molar-refractivity contribution in [2.45, 2.75) is 12.8 Å². The lowest BCUT2D eigenvalue weighted by Gasteiger charge is -2.18. The summed E-state index contributed by atoms with van der Waals surface area (Å²) in [4.78, 5) is 24.3. The highest BCUT2D eigenvalue weighted by atomic mass is 35.5. The van der Waals surface area contributed by atoms with Gasteiger partial charge in [0.15, 0.2) is 0 Å². The van der Waals surface area contributed by atoms with Gasteiger partial charge >= 0.3 is 5.97 Å². The van der Waals surface area contributed by atoms with E-state index in [4.69, 9.17) is 28.3 Å². The summed E-state index contributed by atoms with van der Waals surface area (Å²) in [6, 6.07) is 5.13. The fourth-order valence-corrected chi connectivity index (χ4v) is 2.29. The minimum atomic E-state index is -1.02. The fourth-order valence-electron chi connectivity index (χ4n) is 1.92. The summed E-state index contributed by atoms with van der Waals surface area (Å²) in [5.74, 6) is -0.921. The molecule has 1 aliphatic rings. The van der Waals surface area contributed by atoms with Gasteiger partial charge in [0.2, 0.25) is 5.91 Å². The van der Waals surface area contributed by atoms with E-state index in [9.17, 15) is 9.59 Å². The summed E-state index contributed by atoms with van der Waals surface area (Å²) in [5, 5.41) is 9.65. The van der Waals surface area contributed by atoms with Crippen molar-refractivity contribution in [1.29, 1.82) is 0 Å². The number of aliphatic carboxylic acids is 1. The van der Waals surface area contributed by atoms with Crippen molar-refractivity contribution in [3.63, 3.8) is 0 Å². The Morgan fingerprint density at radius 3 is 2.67 bits per heavy atom. The Kier molecular flexibility index (Phi) is 5.26. The molecule has 1 amide bonds. The Balaban J connectivity index is 2.07. The lowest BCUT2D eigenvalue weighted by atomic mass is 10.2. The van der Waals surface area contributed by atoms with Crippen molar-refractivity contribution in [2.75, 3.05) is 13.1 Å². The first-order chi connectivity index (χ1) is 9.97. The monoisotopic (exact) mass is 327 g/mol. The molecule has 1 aliphatic carbocycles. The molecule has 1 saturated carbocycles. The first kappa shape index (κ1) is 15.9. The van der Waals surface area contributed by atoms with Crippen molar-refractivity contribution in [3.8, 4) is 0 Å². The number of carboxylic acid groups (broad SMARTS) is 1. The van der Waals surface area contributed by atoms with Crippen LogP contribution < -0.4 is 0 Å². The highest BCUT2D eigenvalue weighted by Gasteiger charge is 2.27. The zero-order valence-corrected chi connectivity index (χ0v) is 12.8. The van der Waals surface area contributed by atoms with Crippen LogP contribution in [0.5, 0.6) is 0 Å². The van der Waals surface area contributed by atoms with Crippen molar-refractivity contribution in [3.05, 3.63) is 39.9 Å². The largest absolute Gasteiger partial charge is 0.480 e. The van der Waals surface area contributed by atoms with E-state index in [0.717, 1.165) is 12.8 Å². The summed E-state index contributed by atoms with van der Waals surface area (Å²) in [5.41, 5.74) is 0.624. The van der Waals surface area contributed by atoms with Crippen LogP contribution in [0.25, 0.3) is 6.08 Å². The van der Waals surface area contributed by atoms with Crippen LogP contribution in [0, 0.1) is 5.92 Å². The van der Waals surface area contributed by atoms with Gasteiger partial charge in [-0.3, -0.25) is 9.59 Å². The van der Waals surface area contributed by atoms with Gasteiger partial charge in [0.25, 0.3) is 0 Å². The molecule has 0 bridgehead atoms. The van der Waals surface area contributed by atoms with Crippen molar-refractivity contribution in [2.24, 2.45) is 5.92 Å². The van der Waals surface area contributed by atoms with E-state index in [1.165, 1.54) is 11.0 Å². The molecule has 0 heterocycles. The van der Waals surface area contributed by atoms with E-state index in [1.54, 1.807) is 24.3 Å². The Morgan fingerprint density at radius 2 is 2.05 bits per heavy atom. The summed E-state index contributed by atoms with van der Waals surface area (Å²) in [6.45, 7) is 0.196. The number of nitrogens with zero attached hydrogens (tertiary/aromatic N) is 1. The smallest absolute Gasteiger partial charge is 0.323 e. The third-order valence-electron chi connectivity index (χ3n) is 3.20. The Morgan fingerprint density at radius 1 is 1.33 bits per heavy atom. The van der Waals surface area contributed by atoms with Crippen molar-refractivity contribution in [1.82, 2.24) is 4.90 Å². The quantitative estimate of drug-likeness (QED) is 0.815. The standard InChI is InChI=1S/C15H15Cl2NO3/c16-12-3-1-2-11(15(12)17)6-7-13(19)18(9-14(20)21)8-10-4-5-10/h1-3,6-7,10H,4-5,8-9H2,(H,20,21)/b7-6+. The van der Waals surface area contributed by atoms with Crippen LogP contribution in [0.3, 0.4) is 0 Å². The second-order valence-electron chi connectivity index (χ2n) is 5.03. The van der Waals surface area contributed by atoms with Crippen LogP contribution in [-0.4, -0.2) is 35.0 Å². The molecule has 1 N–H and O–H groups in total. The van der Waals surface area contributed by atoms with Crippen molar-refractivity contribution < 1.29 is 14.7 Å².